The van der Waals surface area contributed by atoms with Crippen molar-refractivity contribution in [3.05, 3.63) is 35.9 Å². The summed E-state index contributed by atoms with van der Waals surface area (Å²) in [5.74, 6) is 0. The standard InChI is InChI=1S/C9H11NO/c11-7-6-10-8-9-4-2-1-3-5-9/h1-5,7,10H,6,8H2. The van der Waals surface area contributed by atoms with Crippen LogP contribution in [0.2, 0.25) is 0 Å². The third-order valence-corrected chi connectivity index (χ3v) is 1.40. The van der Waals surface area contributed by atoms with Crippen LogP contribution in [0.4, 0.5) is 0 Å². The second-order valence-electron chi connectivity index (χ2n) is 2.28. The highest BCUT2D eigenvalue weighted by atomic mass is 16.1. The quantitative estimate of drug-likeness (QED) is 0.510. The van der Waals surface area contributed by atoms with Crippen LogP contribution in [0.15, 0.2) is 30.3 Å². The summed E-state index contributed by atoms with van der Waals surface area (Å²) in [4.78, 5) is 9.93. The maximum Gasteiger partial charge on any atom is 0.133 e. The number of aldehydes is 1. The molecular formula is C9H11NO. The van der Waals surface area contributed by atoms with Crippen LogP contribution in [0.1, 0.15) is 5.56 Å². The third-order valence-electron chi connectivity index (χ3n) is 1.40. The Kier molecular flexibility index (Phi) is 3.35. The second-order valence-corrected chi connectivity index (χ2v) is 2.28. The highest BCUT2D eigenvalue weighted by Crippen LogP contribution is 1.96. The van der Waals surface area contributed by atoms with Gasteiger partial charge in [-0.15, -0.1) is 0 Å². The fourth-order valence-corrected chi connectivity index (χ4v) is 0.871. The predicted octanol–water partition coefficient (Wildman–Crippen LogP) is 0.975. The molecule has 2 nitrogen and oxygen atoms in total. The van der Waals surface area contributed by atoms with E-state index in [1.165, 1.54) is 5.56 Å². The van der Waals surface area contributed by atoms with Gasteiger partial charge in [0.25, 0.3) is 0 Å². The molecule has 0 amide bonds. The number of hydrogen-bond acceptors (Lipinski definition) is 2. The van der Waals surface area contributed by atoms with Crippen molar-refractivity contribution in [2.24, 2.45) is 0 Å². The van der Waals surface area contributed by atoms with Crippen LogP contribution in [0.5, 0.6) is 0 Å². The Morgan fingerprint density at radius 2 is 2.00 bits per heavy atom. The monoisotopic (exact) mass is 149 g/mol. The highest BCUT2D eigenvalue weighted by Gasteiger charge is 1.87. The van der Waals surface area contributed by atoms with E-state index in [9.17, 15) is 4.79 Å². The topological polar surface area (TPSA) is 29.1 Å². The molecule has 0 aliphatic rings. The second kappa shape index (κ2) is 4.63. The van der Waals surface area contributed by atoms with Crippen molar-refractivity contribution in [1.29, 1.82) is 0 Å². The zero-order valence-corrected chi connectivity index (χ0v) is 6.29. The highest BCUT2D eigenvalue weighted by molar-refractivity contribution is 5.51. The molecule has 0 saturated heterocycles. The van der Waals surface area contributed by atoms with Crippen molar-refractivity contribution in [2.45, 2.75) is 6.54 Å². The summed E-state index contributed by atoms with van der Waals surface area (Å²) >= 11 is 0. The molecule has 0 aliphatic heterocycles. The maximum atomic E-state index is 9.93. The van der Waals surface area contributed by atoms with Gasteiger partial charge in [-0.3, -0.25) is 0 Å². The smallest absolute Gasteiger partial charge is 0.133 e. The summed E-state index contributed by atoms with van der Waals surface area (Å²) in [6.45, 7) is 1.19. The van der Waals surface area contributed by atoms with Gasteiger partial charge < -0.3 is 10.1 Å². The molecule has 0 saturated carbocycles. The molecule has 1 aromatic rings. The Bertz CT molecular complexity index is 208. The average Bonchev–Trinajstić information content (AvgIpc) is 2.07. The molecule has 1 aromatic carbocycles. The summed E-state index contributed by atoms with van der Waals surface area (Å²) in [5.41, 5.74) is 1.20. The van der Waals surface area contributed by atoms with Crippen LogP contribution in [0.3, 0.4) is 0 Å². The molecule has 2 heteroatoms. The molecule has 58 valence electrons. The molecule has 0 fully saturated rings. The number of benzene rings is 1. The molecule has 0 spiro atoms. The lowest BCUT2D eigenvalue weighted by atomic mass is 10.2. The summed E-state index contributed by atoms with van der Waals surface area (Å²) in [6, 6.07) is 9.99. The van der Waals surface area contributed by atoms with Crippen LogP contribution in [-0.2, 0) is 11.3 Å². The van der Waals surface area contributed by atoms with Gasteiger partial charge in [0.2, 0.25) is 0 Å². The minimum atomic E-state index is 0.425. The SMILES string of the molecule is O=CCNCc1ccccc1. The molecule has 1 N–H and O–H groups in total. The molecule has 0 heterocycles. The Labute approximate surface area is 66.2 Å². The summed E-state index contributed by atoms with van der Waals surface area (Å²) in [5, 5.41) is 2.98. The number of carbonyl (C=O) groups is 1. The van der Waals surface area contributed by atoms with Gasteiger partial charge in [0.15, 0.2) is 0 Å². The molecule has 1 rings (SSSR count). The molecule has 0 radical (unpaired) electrons. The molecule has 0 unspecified atom stereocenters. The van der Waals surface area contributed by atoms with E-state index in [4.69, 9.17) is 0 Å². The van der Waals surface area contributed by atoms with Gasteiger partial charge in [-0.25, -0.2) is 0 Å². The first-order valence-electron chi connectivity index (χ1n) is 3.62. The van der Waals surface area contributed by atoms with Crippen molar-refractivity contribution >= 4 is 6.29 Å². The van der Waals surface area contributed by atoms with Crippen LogP contribution in [-0.4, -0.2) is 12.8 Å². The Morgan fingerprint density at radius 1 is 1.27 bits per heavy atom. The van der Waals surface area contributed by atoms with Crippen molar-refractivity contribution < 1.29 is 4.79 Å². The molecule has 11 heavy (non-hydrogen) atoms. The fourth-order valence-electron chi connectivity index (χ4n) is 0.871. The summed E-state index contributed by atoms with van der Waals surface area (Å²) in [7, 11) is 0. The maximum absolute atomic E-state index is 9.93. The normalized spacial score (nSPS) is 9.45. The Balaban J connectivity index is 2.33. The van der Waals surface area contributed by atoms with Gasteiger partial charge in [0.1, 0.15) is 6.29 Å². The number of rotatable bonds is 4. The van der Waals surface area contributed by atoms with E-state index in [1.807, 2.05) is 30.3 Å². The molecular weight excluding hydrogens is 138 g/mol. The van der Waals surface area contributed by atoms with Crippen LogP contribution in [0, 0.1) is 0 Å². The van der Waals surface area contributed by atoms with Crippen molar-refractivity contribution in [2.75, 3.05) is 6.54 Å². The Morgan fingerprint density at radius 3 is 2.64 bits per heavy atom. The molecule has 0 aromatic heterocycles. The van der Waals surface area contributed by atoms with E-state index in [0.29, 0.717) is 6.54 Å². The first kappa shape index (κ1) is 7.95. The number of hydrogen-bond donors (Lipinski definition) is 1. The average molecular weight is 149 g/mol. The fraction of sp³-hybridized carbons (Fsp3) is 0.222. The lowest BCUT2D eigenvalue weighted by Gasteiger charge is -1.98. The number of nitrogens with one attached hydrogen (secondary N) is 1. The first-order chi connectivity index (χ1) is 5.43. The lowest BCUT2D eigenvalue weighted by molar-refractivity contribution is -0.107. The van der Waals surface area contributed by atoms with E-state index in [0.717, 1.165) is 12.8 Å². The van der Waals surface area contributed by atoms with Crippen LogP contribution in [0.25, 0.3) is 0 Å². The lowest BCUT2D eigenvalue weighted by Crippen LogP contribution is -2.15. The largest absolute Gasteiger partial charge is 0.306 e. The van der Waals surface area contributed by atoms with E-state index < -0.39 is 0 Å². The van der Waals surface area contributed by atoms with Gasteiger partial charge >= 0.3 is 0 Å². The predicted molar refractivity (Wildman–Crippen MR) is 44.2 cm³/mol. The van der Waals surface area contributed by atoms with Gasteiger partial charge in [-0.2, -0.15) is 0 Å². The summed E-state index contributed by atoms with van der Waals surface area (Å²) < 4.78 is 0. The van der Waals surface area contributed by atoms with Crippen LogP contribution >= 0.6 is 0 Å². The molecule has 0 atom stereocenters. The van der Waals surface area contributed by atoms with Crippen molar-refractivity contribution in [3.8, 4) is 0 Å². The first-order valence-corrected chi connectivity index (χ1v) is 3.62. The third kappa shape index (κ3) is 2.96. The van der Waals surface area contributed by atoms with E-state index in [-0.39, 0.29) is 0 Å². The zero-order valence-electron chi connectivity index (χ0n) is 6.29. The molecule has 0 aliphatic carbocycles. The summed E-state index contributed by atoms with van der Waals surface area (Å²) in [6.07, 6.45) is 0.864. The van der Waals surface area contributed by atoms with Gasteiger partial charge in [0, 0.05) is 6.54 Å². The minimum absolute atomic E-state index is 0.425. The van der Waals surface area contributed by atoms with E-state index >= 15 is 0 Å². The van der Waals surface area contributed by atoms with Crippen molar-refractivity contribution in [3.63, 3.8) is 0 Å². The van der Waals surface area contributed by atoms with Crippen molar-refractivity contribution in [1.82, 2.24) is 5.32 Å². The van der Waals surface area contributed by atoms with Gasteiger partial charge in [-0.05, 0) is 5.56 Å². The van der Waals surface area contributed by atoms with Gasteiger partial charge in [-0.1, -0.05) is 30.3 Å². The van der Waals surface area contributed by atoms with E-state index in [1.54, 1.807) is 0 Å². The number of carbonyl (C=O) groups excluding carboxylic acids is 1. The van der Waals surface area contributed by atoms with E-state index in [2.05, 4.69) is 5.32 Å². The zero-order chi connectivity index (χ0) is 7.94. The minimum Gasteiger partial charge on any atom is -0.306 e. The molecule has 0 bridgehead atoms. The van der Waals surface area contributed by atoms with Gasteiger partial charge in [0.05, 0.1) is 6.54 Å². The Hall–Kier alpha value is -1.15. The van der Waals surface area contributed by atoms with Crippen LogP contribution < -0.4 is 5.32 Å².